The lowest BCUT2D eigenvalue weighted by Crippen LogP contribution is -2.40. The summed E-state index contributed by atoms with van der Waals surface area (Å²) in [5.41, 5.74) is 2.18. The third-order valence-electron chi connectivity index (χ3n) is 5.07. The monoisotopic (exact) mass is 322 g/mol. The average Bonchev–Trinajstić information content (AvgIpc) is 3.46. The number of benzene rings is 1. The van der Waals surface area contributed by atoms with Gasteiger partial charge in [0, 0.05) is 30.3 Å². The summed E-state index contributed by atoms with van der Waals surface area (Å²) in [4.78, 5) is 12.2. The van der Waals surface area contributed by atoms with Crippen LogP contribution >= 0.6 is 0 Å². The lowest BCUT2D eigenvalue weighted by Gasteiger charge is -2.35. The number of rotatable bonds is 5. The van der Waals surface area contributed by atoms with E-state index in [-0.39, 0.29) is 0 Å². The Morgan fingerprint density at radius 2 is 1.92 bits per heavy atom. The summed E-state index contributed by atoms with van der Waals surface area (Å²) in [6, 6.07) is 13.7. The van der Waals surface area contributed by atoms with Gasteiger partial charge in [-0.3, -0.25) is 0 Å². The van der Waals surface area contributed by atoms with Crippen molar-refractivity contribution >= 4 is 11.8 Å². The van der Waals surface area contributed by atoms with Crippen LogP contribution in [0, 0.1) is 0 Å². The molecule has 4 nitrogen and oxygen atoms in total. The van der Waals surface area contributed by atoms with Crippen molar-refractivity contribution in [1.82, 2.24) is 9.97 Å². The number of nitrogens with one attached hydrogen (secondary N) is 1. The van der Waals surface area contributed by atoms with E-state index in [0.29, 0.717) is 12.1 Å². The molecule has 1 unspecified atom stereocenters. The van der Waals surface area contributed by atoms with Crippen molar-refractivity contribution in [2.45, 2.75) is 57.5 Å². The van der Waals surface area contributed by atoms with Crippen molar-refractivity contribution < 1.29 is 0 Å². The topological polar surface area (TPSA) is 41.1 Å². The van der Waals surface area contributed by atoms with E-state index in [0.717, 1.165) is 36.0 Å². The van der Waals surface area contributed by atoms with E-state index in [2.05, 4.69) is 47.5 Å². The summed E-state index contributed by atoms with van der Waals surface area (Å²) < 4.78 is 0. The Morgan fingerprint density at radius 3 is 2.67 bits per heavy atom. The molecule has 0 amide bonds. The van der Waals surface area contributed by atoms with Crippen molar-refractivity contribution in [3.8, 4) is 11.3 Å². The number of hydrogen-bond donors (Lipinski definition) is 1. The Labute approximate surface area is 144 Å². The van der Waals surface area contributed by atoms with Crippen molar-refractivity contribution in [1.29, 1.82) is 0 Å². The first-order valence-corrected chi connectivity index (χ1v) is 9.31. The SMILES string of the molecule is CCC1CCCCN1c1nc(NC2CC2)cc(-c2ccccc2)n1. The molecule has 24 heavy (non-hydrogen) atoms. The quantitative estimate of drug-likeness (QED) is 0.881. The highest BCUT2D eigenvalue weighted by Gasteiger charge is 2.26. The van der Waals surface area contributed by atoms with Gasteiger partial charge in [0.05, 0.1) is 5.69 Å². The first-order valence-electron chi connectivity index (χ1n) is 9.31. The van der Waals surface area contributed by atoms with Gasteiger partial charge < -0.3 is 10.2 Å². The molecular formula is C20H26N4. The highest BCUT2D eigenvalue weighted by Crippen LogP contribution is 2.30. The second-order valence-corrected chi connectivity index (χ2v) is 6.97. The van der Waals surface area contributed by atoms with Gasteiger partial charge in [-0.1, -0.05) is 37.3 Å². The third-order valence-corrected chi connectivity index (χ3v) is 5.07. The zero-order valence-corrected chi connectivity index (χ0v) is 14.4. The maximum atomic E-state index is 4.93. The average molecular weight is 322 g/mol. The first-order chi connectivity index (χ1) is 11.8. The molecule has 126 valence electrons. The Hall–Kier alpha value is -2.10. The maximum absolute atomic E-state index is 4.93. The Bertz CT molecular complexity index is 681. The van der Waals surface area contributed by atoms with Gasteiger partial charge in [0.2, 0.25) is 5.95 Å². The molecule has 1 saturated heterocycles. The molecule has 1 aliphatic heterocycles. The molecule has 2 aromatic rings. The van der Waals surface area contributed by atoms with Crippen LogP contribution in [-0.4, -0.2) is 28.6 Å². The minimum Gasteiger partial charge on any atom is -0.367 e. The summed E-state index contributed by atoms with van der Waals surface area (Å²) in [5.74, 6) is 1.87. The fraction of sp³-hybridized carbons (Fsp3) is 0.500. The normalized spacial score (nSPS) is 20.9. The lowest BCUT2D eigenvalue weighted by molar-refractivity contribution is 0.443. The van der Waals surface area contributed by atoms with E-state index in [1.165, 1.54) is 32.1 Å². The summed E-state index contributed by atoms with van der Waals surface area (Å²) in [6.07, 6.45) is 7.47. The van der Waals surface area contributed by atoms with E-state index in [4.69, 9.17) is 9.97 Å². The molecule has 1 aromatic carbocycles. The van der Waals surface area contributed by atoms with E-state index in [9.17, 15) is 0 Å². The van der Waals surface area contributed by atoms with Crippen molar-refractivity contribution in [3.05, 3.63) is 36.4 Å². The van der Waals surface area contributed by atoms with Crippen LogP contribution in [0.15, 0.2) is 36.4 Å². The lowest BCUT2D eigenvalue weighted by atomic mass is 10.0. The molecule has 2 fully saturated rings. The van der Waals surface area contributed by atoms with Gasteiger partial charge in [-0.25, -0.2) is 4.98 Å². The van der Waals surface area contributed by atoms with Crippen LogP contribution in [0.3, 0.4) is 0 Å². The largest absolute Gasteiger partial charge is 0.367 e. The van der Waals surface area contributed by atoms with Crippen LogP contribution in [0.25, 0.3) is 11.3 Å². The second kappa shape index (κ2) is 6.80. The van der Waals surface area contributed by atoms with E-state index >= 15 is 0 Å². The molecule has 1 saturated carbocycles. The zero-order valence-electron chi connectivity index (χ0n) is 14.4. The molecule has 2 heterocycles. The highest BCUT2D eigenvalue weighted by molar-refractivity contribution is 5.65. The summed E-state index contributed by atoms with van der Waals surface area (Å²) in [7, 11) is 0. The molecule has 0 spiro atoms. The summed E-state index contributed by atoms with van der Waals surface area (Å²) in [5, 5.41) is 3.56. The molecule has 0 bridgehead atoms. The molecular weight excluding hydrogens is 296 g/mol. The van der Waals surface area contributed by atoms with E-state index < -0.39 is 0 Å². The van der Waals surface area contributed by atoms with Gasteiger partial charge in [-0.2, -0.15) is 4.98 Å². The van der Waals surface area contributed by atoms with Crippen LogP contribution in [-0.2, 0) is 0 Å². The first kappa shape index (κ1) is 15.4. The molecule has 1 aliphatic carbocycles. The number of aromatic nitrogens is 2. The van der Waals surface area contributed by atoms with Crippen LogP contribution in [0.4, 0.5) is 11.8 Å². The zero-order chi connectivity index (χ0) is 16.4. The maximum Gasteiger partial charge on any atom is 0.228 e. The van der Waals surface area contributed by atoms with E-state index in [1.807, 2.05) is 6.07 Å². The molecule has 1 N–H and O–H groups in total. The van der Waals surface area contributed by atoms with E-state index in [1.54, 1.807) is 0 Å². The number of hydrogen-bond acceptors (Lipinski definition) is 4. The molecule has 0 radical (unpaired) electrons. The summed E-state index contributed by atoms with van der Waals surface area (Å²) in [6.45, 7) is 3.34. The minimum absolute atomic E-state index is 0.568. The van der Waals surface area contributed by atoms with Crippen LogP contribution in [0.1, 0.15) is 45.4 Å². The molecule has 1 aromatic heterocycles. The minimum atomic E-state index is 0.568. The smallest absolute Gasteiger partial charge is 0.228 e. The van der Waals surface area contributed by atoms with Gasteiger partial charge in [0.25, 0.3) is 0 Å². The Kier molecular flexibility index (Phi) is 4.37. The van der Waals surface area contributed by atoms with Crippen LogP contribution < -0.4 is 10.2 Å². The Morgan fingerprint density at radius 1 is 1.08 bits per heavy atom. The number of piperidine rings is 1. The fourth-order valence-corrected chi connectivity index (χ4v) is 3.52. The predicted octanol–water partition coefficient (Wildman–Crippen LogP) is 4.49. The molecule has 2 aliphatic rings. The van der Waals surface area contributed by atoms with Gasteiger partial charge >= 0.3 is 0 Å². The molecule has 1 atom stereocenters. The van der Waals surface area contributed by atoms with Crippen LogP contribution in [0.5, 0.6) is 0 Å². The number of nitrogens with zero attached hydrogens (tertiary/aromatic N) is 3. The third kappa shape index (κ3) is 3.37. The predicted molar refractivity (Wildman–Crippen MR) is 99.4 cm³/mol. The van der Waals surface area contributed by atoms with Crippen molar-refractivity contribution in [2.75, 3.05) is 16.8 Å². The van der Waals surface area contributed by atoms with Crippen molar-refractivity contribution in [3.63, 3.8) is 0 Å². The van der Waals surface area contributed by atoms with Gasteiger partial charge in [-0.05, 0) is 38.5 Å². The second-order valence-electron chi connectivity index (χ2n) is 6.97. The summed E-state index contributed by atoms with van der Waals surface area (Å²) >= 11 is 0. The van der Waals surface area contributed by atoms with Crippen molar-refractivity contribution in [2.24, 2.45) is 0 Å². The highest BCUT2D eigenvalue weighted by atomic mass is 15.3. The number of anilines is 2. The molecule has 4 rings (SSSR count). The fourth-order valence-electron chi connectivity index (χ4n) is 3.52. The standard InChI is InChI=1S/C20H26N4/c1-2-17-10-6-7-13-24(17)20-22-18(15-8-4-3-5-9-15)14-19(23-20)21-16-11-12-16/h3-5,8-9,14,16-17H,2,6-7,10-13H2,1H3,(H,21,22,23). The Balaban J connectivity index is 1.71. The van der Waals surface area contributed by atoms with Gasteiger partial charge in [-0.15, -0.1) is 0 Å². The van der Waals surface area contributed by atoms with Gasteiger partial charge in [0.15, 0.2) is 0 Å². The molecule has 4 heteroatoms. The van der Waals surface area contributed by atoms with Gasteiger partial charge in [0.1, 0.15) is 5.82 Å². The van der Waals surface area contributed by atoms with Crippen LogP contribution in [0.2, 0.25) is 0 Å².